The highest BCUT2D eigenvalue weighted by atomic mass is 35.5. The van der Waals surface area contributed by atoms with E-state index in [1.807, 2.05) is 48.0 Å². The molecule has 0 aliphatic heterocycles. The van der Waals surface area contributed by atoms with Gasteiger partial charge in [-0.3, -0.25) is 0 Å². The normalized spacial score (nSPS) is 13.6. The van der Waals surface area contributed by atoms with Crippen LogP contribution in [0.3, 0.4) is 0 Å². The molecule has 3 nitrogen and oxygen atoms in total. The molecule has 3 N–H and O–H groups in total. The van der Waals surface area contributed by atoms with Crippen LogP contribution in [0.15, 0.2) is 54.7 Å². The molecule has 0 spiro atoms. The molecule has 0 amide bonds. The Morgan fingerprint density at radius 3 is 2.52 bits per heavy atom. The topological polar surface area (TPSA) is 51.2 Å². The van der Waals surface area contributed by atoms with Gasteiger partial charge in [0.1, 0.15) is 5.82 Å². The van der Waals surface area contributed by atoms with E-state index in [1.54, 1.807) is 6.07 Å². The summed E-state index contributed by atoms with van der Waals surface area (Å²) in [6.07, 6.45) is 1.23. The number of halogens is 2. The van der Waals surface area contributed by atoms with Gasteiger partial charge in [0.25, 0.3) is 0 Å². The van der Waals surface area contributed by atoms with Crippen LogP contribution in [-0.4, -0.2) is 22.3 Å². The van der Waals surface area contributed by atoms with E-state index in [4.69, 9.17) is 5.73 Å². The number of aromatic nitrogens is 1. The summed E-state index contributed by atoms with van der Waals surface area (Å²) in [6.45, 7) is 2.09. The van der Waals surface area contributed by atoms with Crippen molar-refractivity contribution in [3.05, 3.63) is 71.7 Å². The van der Waals surface area contributed by atoms with Crippen LogP contribution >= 0.6 is 12.4 Å². The second-order valence-electron chi connectivity index (χ2n) is 5.54. The van der Waals surface area contributed by atoms with E-state index in [0.29, 0.717) is 0 Å². The molecule has 0 radical (unpaired) electrons. The van der Waals surface area contributed by atoms with Crippen molar-refractivity contribution in [2.45, 2.75) is 19.1 Å². The standard InChI is InChI=1S/C18H19FN2O.ClH/c1-12-11-21(16-8-7-14(19)9-15(12)16)18(17(22)10-20)13-5-3-2-4-6-13;/h2-9,11,17-18,22H,10,20H2,1H3;1H/t17-,18-;/m0./s1. The summed E-state index contributed by atoms with van der Waals surface area (Å²) in [5.74, 6) is -0.260. The lowest BCUT2D eigenvalue weighted by atomic mass is 10.0. The van der Waals surface area contributed by atoms with Gasteiger partial charge in [0.2, 0.25) is 0 Å². The zero-order valence-corrected chi connectivity index (χ0v) is 13.6. The highest BCUT2D eigenvalue weighted by Crippen LogP contribution is 2.30. The number of aliphatic hydroxyl groups is 1. The van der Waals surface area contributed by atoms with Crippen LogP contribution in [0.4, 0.5) is 4.39 Å². The number of fused-ring (bicyclic) bond motifs is 1. The molecule has 1 heterocycles. The van der Waals surface area contributed by atoms with Gasteiger partial charge >= 0.3 is 0 Å². The van der Waals surface area contributed by atoms with Gasteiger partial charge in [0.15, 0.2) is 0 Å². The number of aryl methyl sites for hydroxylation is 1. The highest BCUT2D eigenvalue weighted by molar-refractivity contribution is 5.85. The Bertz CT molecular complexity index is 788. The summed E-state index contributed by atoms with van der Waals surface area (Å²) >= 11 is 0. The van der Waals surface area contributed by atoms with Crippen molar-refractivity contribution in [2.75, 3.05) is 6.54 Å². The number of nitrogens with zero attached hydrogens (tertiary/aromatic N) is 1. The minimum Gasteiger partial charge on any atom is -0.389 e. The number of rotatable bonds is 4. The fourth-order valence-corrected chi connectivity index (χ4v) is 2.97. The third-order valence-corrected chi connectivity index (χ3v) is 4.04. The largest absolute Gasteiger partial charge is 0.389 e. The maximum Gasteiger partial charge on any atom is 0.123 e. The summed E-state index contributed by atoms with van der Waals surface area (Å²) < 4.78 is 15.5. The predicted octanol–water partition coefficient (Wildman–Crippen LogP) is 3.42. The van der Waals surface area contributed by atoms with E-state index < -0.39 is 6.10 Å². The molecule has 23 heavy (non-hydrogen) atoms. The van der Waals surface area contributed by atoms with Gasteiger partial charge in [0.05, 0.1) is 12.1 Å². The minimum atomic E-state index is -0.720. The molecule has 2 atom stereocenters. The summed E-state index contributed by atoms with van der Waals surface area (Å²) in [5.41, 5.74) is 8.53. The first-order valence-corrected chi connectivity index (χ1v) is 7.31. The van der Waals surface area contributed by atoms with E-state index in [-0.39, 0.29) is 30.8 Å². The molecule has 3 aromatic rings. The number of aliphatic hydroxyl groups excluding tert-OH is 1. The van der Waals surface area contributed by atoms with E-state index in [0.717, 1.165) is 22.0 Å². The SMILES string of the molecule is Cc1cn([C@@H](c2ccccc2)[C@@H](O)CN)c2ccc(F)cc12.Cl. The number of benzene rings is 2. The van der Waals surface area contributed by atoms with E-state index >= 15 is 0 Å². The summed E-state index contributed by atoms with van der Waals surface area (Å²) in [5, 5.41) is 11.3. The smallest absolute Gasteiger partial charge is 0.123 e. The molecule has 0 saturated carbocycles. The first kappa shape index (κ1) is 17.5. The molecule has 5 heteroatoms. The molecule has 122 valence electrons. The van der Waals surface area contributed by atoms with Crippen molar-refractivity contribution >= 4 is 23.3 Å². The van der Waals surface area contributed by atoms with Crippen LogP contribution in [-0.2, 0) is 0 Å². The van der Waals surface area contributed by atoms with Crippen LogP contribution in [0.1, 0.15) is 17.2 Å². The van der Waals surface area contributed by atoms with Crippen molar-refractivity contribution < 1.29 is 9.50 Å². The Balaban J connectivity index is 0.00000192. The average Bonchev–Trinajstić information content (AvgIpc) is 2.85. The lowest BCUT2D eigenvalue weighted by Crippen LogP contribution is -2.31. The Morgan fingerprint density at radius 1 is 1.17 bits per heavy atom. The molecule has 0 aliphatic rings. The molecule has 0 aliphatic carbocycles. The molecule has 0 saturated heterocycles. The predicted molar refractivity (Wildman–Crippen MR) is 93.5 cm³/mol. The summed E-state index contributed by atoms with van der Waals surface area (Å²) in [6, 6.07) is 14.2. The van der Waals surface area contributed by atoms with Crippen molar-refractivity contribution in [1.82, 2.24) is 4.57 Å². The molecule has 0 unspecified atom stereocenters. The molecule has 3 rings (SSSR count). The van der Waals surface area contributed by atoms with Gasteiger partial charge < -0.3 is 15.4 Å². The van der Waals surface area contributed by atoms with Crippen LogP contribution < -0.4 is 5.73 Å². The van der Waals surface area contributed by atoms with Crippen molar-refractivity contribution in [2.24, 2.45) is 5.73 Å². The molecule has 1 aromatic heterocycles. The fraction of sp³-hybridized carbons (Fsp3) is 0.222. The fourth-order valence-electron chi connectivity index (χ4n) is 2.97. The van der Waals surface area contributed by atoms with E-state index in [1.165, 1.54) is 12.1 Å². The molecule has 0 bridgehead atoms. The monoisotopic (exact) mass is 334 g/mol. The maximum atomic E-state index is 13.5. The minimum absolute atomic E-state index is 0. The van der Waals surface area contributed by atoms with Gasteiger partial charge in [-0.05, 0) is 36.2 Å². The van der Waals surface area contributed by atoms with Gasteiger partial charge in [-0.25, -0.2) is 4.39 Å². The van der Waals surface area contributed by atoms with E-state index in [2.05, 4.69) is 0 Å². The lowest BCUT2D eigenvalue weighted by Gasteiger charge is -2.25. The molecule has 2 aromatic carbocycles. The van der Waals surface area contributed by atoms with Gasteiger partial charge in [-0.2, -0.15) is 0 Å². The number of hydrogen-bond acceptors (Lipinski definition) is 2. The van der Waals surface area contributed by atoms with Crippen LogP contribution in [0, 0.1) is 12.7 Å². The number of nitrogens with two attached hydrogens (primary N) is 1. The molecule has 0 fully saturated rings. The third-order valence-electron chi connectivity index (χ3n) is 4.04. The first-order chi connectivity index (χ1) is 10.6. The van der Waals surface area contributed by atoms with Gasteiger partial charge in [-0.1, -0.05) is 30.3 Å². The Kier molecular flexibility index (Phi) is 5.42. The van der Waals surface area contributed by atoms with Crippen molar-refractivity contribution in [1.29, 1.82) is 0 Å². The second-order valence-corrected chi connectivity index (χ2v) is 5.54. The third kappa shape index (κ3) is 3.24. The van der Waals surface area contributed by atoms with Gasteiger partial charge in [0, 0.05) is 23.6 Å². The summed E-state index contributed by atoms with van der Waals surface area (Å²) in [7, 11) is 0. The van der Waals surface area contributed by atoms with Crippen LogP contribution in [0.25, 0.3) is 10.9 Å². The van der Waals surface area contributed by atoms with E-state index in [9.17, 15) is 9.50 Å². The Morgan fingerprint density at radius 2 is 1.87 bits per heavy atom. The van der Waals surface area contributed by atoms with Crippen LogP contribution in [0.5, 0.6) is 0 Å². The lowest BCUT2D eigenvalue weighted by molar-refractivity contribution is 0.140. The zero-order chi connectivity index (χ0) is 15.7. The molecular formula is C18H20ClFN2O. The van der Waals surface area contributed by atoms with Crippen molar-refractivity contribution in [3.63, 3.8) is 0 Å². The quantitative estimate of drug-likeness (QED) is 0.768. The van der Waals surface area contributed by atoms with Gasteiger partial charge in [-0.15, -0.1) is 12.4 Å². The van der Waals surface area contributed by atoms with Crippen molar-refractivity contribution in [3.8, 4) is 0 Å². The second kappa shape index (κ2) is 7.13. The average molecular weight is 335 g/mol. The van der Waals surface area contributed by atoms with Crippen LogP contribution in [0.2, 0.25) is 0 Å². The highest BCUT2D eigenvalue weighted by Gasteiger charge is 2.23. The Hall–Kier alpha value is -1.88. The maximum absolute atomic E-state index is 13.5. The first-order valence-electron chi connectivity index (χ1n) is 7.31. The zero-order valence-electron chi connectivity index (χ0n) is 12.8. The summed E-state index contributed by atoms with van der Waals surface area (Å²) in [4.78, 5) is 0. The Labute approximate surface area is 141 Å². The molecular weight excluding hydrogens is 315 g/mol. The number of hydrogen-bond donors (Lipinski definition) is 2.